The smallest absolute Gasteiger partial charge is 0.338 e. The zero-order valence-electron chi connectivity index (χ0n) is 13.8. The summed E-state index contributed by atoms with van der Waals surface area (Å²) in [6.45, 7) is 4.24. The van der Waals surface area contributed by atoms with Crippen LogP contribution in [0.15, 0.2) is 54.6 Å². The van der Waals surface area contributed by atoms with Crippen LogP contribution in [-0.2, 0) is 14.3 Å². The lowest BCUT2D eigenvalue weighted by molar-refractivity contribution is -0.137. The van der Waals surface area contributed by atoms with E-state index in [0.29, 0.717) is 18.8 Å². The molecule has 2 aromatic carbocycles. The quantitative estimate of drug-likeness (QED) is 0.593. The minimum Gasteiger partial charge on any atom is -0.463 e. The van der Waals surface area contributed by atoms with Gasteiger partial charge in [-0.15, -0.1) is 0 Å². The second kappa shape index (κ2) is 8.67. The Morgan fingerprint density at radius 1 is 0.917 bits per heavy atom. The van der Waals surface area contributed by atoms with E-state index in [1.165, 1.54) is 6.08 Å². The fourth-order valence-electron chi connectivity index (χ4n) is 2.25. The van der Waals surface area contributed by atoms with Gasteiger partial charge in [-0.25, -0.2) is 9.59 Å². The van der Waals surface area contributed by atoms with Crippen LogP contribution in [0.2, 0.25) is 0 Å². The van der Waals surface area contributed by atoms with Crippen LogP contribution in [0.1, 0.15) is 29.8 Å². The lowest BCUT2D eigenvalue weighted by Crippen LogP contribution is -2.04. The minimum atomic E-state index is -0.370. The zero-order valence-corrected chi connectivity index (χ0v) is 13.8. The molecule has 0 radical (unpaired) electrons. The first-order chi connectivity index (χ1) is 11.7. The molecule has 0 atom stereocenters. The average molecular weight is 324 g/mol. The predicted octanol–water partition coefficient (Wildman–Crippen LogP) is 4.11. The number of carbonyl (C=O) groups excluding carboxylic acids is 2. The standard InChI is InChI=1S/C20H20O4/c1-3-23-19(21)14-13-15-7-5-6-8-18(15)16-9-11-17(12-10-16)20(22)24-4-2/h5-14H,3-4H2,1-2H3/b14-13+. The predicted molar refractivity (Wildman–Crippen MR) is 93.5 cm³/mol. The molecule has 2 rings (SSSR count). The highest BCUT2D eigenvalue weighted by atomic mass is 16.5. The first kappa shape index (κ1) is 17.5. The third-order valence-corrected chi connectivity index (χ3v) is 3.35. The van der Waals surface area contributed by atoms with Gasteiger partial charge in [-0.3, -0.25) is 0 Å². The molecule has 0 aliphatic carbocycles. The fraction of sp³-hybridized carbons (Fsp3) is 0.200. The van der Waals surface area contributed by atoms with Crippen molar-refractivity contribution in [1.82, 2.24) is 0 Å². The molecule has 0 saturated heterocycles. The third kappa shape index (κ3) is 4.56. The summed E-state index contributed by atoms with van der Waals surface area (Å²) in [6.07, 6.45) is 3.14. The average Bonchev–Trinajstić information content (AvgIpc) is 2.61. The zero-order chi connectivity index (χ0) is 17.4. The molecule has 124 valence electrons. The first-order valence-electron chi connectivity index (χ1n) is 7.87. The molecule has 0 aliphatic rings. The van der Waals surface area contributed by atoms with E-state index >= 15 is 0 Å². The number of carbonyl (C=O) groups is 2. The van der Waals surface area contributed by atoms with Crippen LogP contribution in [0, 0.1) is 0 Å². The van der Waals surface area contributed by atoms with Crippen molar-refractivity contribution in [1.29, 1.82) is 0 Å². The molecule has 0 saturated carbocycles. The van der Waals surface area contributed by atoms with Gasteiger partial charge in [0.05, 0.1) is 18.8 Å². The highest BCUT2D eigenvalue weighted by Crippen LogP contribution is 2.25. The Labute approximate surface area is 141 Å². The highest BCUT2D eigenvalue weighted by Gasteiger charge is 2.08. The highest BCUT2D eigenvalue weighted by molar-refractivity contribution is 5.91. The number of hydrogen-bond acceptors (Lipinski definition) is 4. The van der Waals surface area contributed by atoms with Crippen LogP contribution in [0.25, 0.3) is 17.2 Å². The Bertz CT molecular complexity index is 730. The molecule has 2 aromatic rings. The SMILES string of the molecule is CCOC(=O)/C=C/c1ccccc1-c1ccc(C(=O)OCC)cc1. The maximum atomic E-state index is 11.7. The molecular weight excluding hydrogens is 304 g/mol. The van der Waals surface area contributed by atoms with Gasteiger partial charge in [0.1, 0.15) is 0 Å². The molecule has 0 N–H and O–H groups in total. The summed E-state index contributed by atoms with van der Waals surface area (Å²) in [5, 5.41) is 0. The molecule has 0 fully saturated rings. The van der Waals surface area contributed by atoms with Crippen LogP contribution in [0.5, 0.6) is 0 Å². The minimum absolute atomic E-state index is 0.334. The lowest BCUT2D eigenvalue weighted by Gasteiger charge is -2.08. The molecule has 0 amide bonds. The Kier molecular flexibility index (Phi) is 6.32. The molecular formula is C20H20O4. The van der Waals surface area contributed by atoms with E-state index in [1.807, 2.05) is 36.4 Å². The van der Waals surface area contributed by atoms with Crippen molar-refractivity contribution in [2.75, 3.05) is 13.2 Å². The van der Waals surface area contributed by atoms with E-state index in [9.17, 15) is 9.59 Å². The second-order valence-corrected chi connectivity index (χ2v) is 4.97. The monoisotopic (exact) mass is 324 g/mol. The summed E-state index contributed by atoms with van der Waals surface area (Å²) >= 11 is 0. The van der Waals surface area contributed by atoms with Crippen LogP contribution < -0.4 is 0 Å². The maximum absolute atomic E-state index is 11.7. The Morgan fingerprint density at radius 2 is 1.58 bits per heavy atom. The van der Waals surface area contributed by atoms with Gasteiger partial charge in [0.15, 0.2) is 0 Å². The van der Waals surface area contributed by atoms with Crippen LogP contribution in [-0.4, -0.2) is 25.2 Å². The third-order valence-electron chi connectivity index (χ3n) is 3.35. The summed E-state index contributed by atoms with van der Waals surface area (Å²) in [7, 11) is 0. The van der Waals surface area contributed by atoms with Gasteiger partial charge >= 0.3 is 11.9 Å². The van der Waals surface area contributed by atoms with E-state index in [0.717, 1.165) is 16.7 Å². The van der Waals surface area contributed by atoms with E-state index in [4.69, 9.17) is 9.47 Å². The number of rotatable bonds is 6. The van der Waals surface area contributed by atoms with E-state index < -0.39 is 0 Å². The van der Waals surface area contributed by atoms with Crippen molar-refractivity contribution in [3.63, 3.8) is 0 Å². The Balaban J connectivity index is 2.26. The van der Waals surface area contributed by atoms with Crippen molar-refractivity contribution in [3.05, 3.63) is 65.7 Å². The number of hydrogen-bond donors (Lipinski definition) is 0. The molecule has 0 aromatic heterocycles. The normalized spacial score (nSPS) is 10.6. The summed E-state index contributed by atoms with van der Waals surface area (Å²) in [5.74, 6) is -0.704. The van der Waals surface area contributed by atoms with Gasteiger partial charge in [0, 0.05) is 6.08 Å². The topological polar surface area (TPSA) is 52.6 Å². The molecule has 0 unspecified atom stereocenters. The van der Waals surface area contributed by atoms with Crippen molar-refractivity contribution < 1.29 is 19.1 Å². The van der Waals surface area contributed by atoms with E-state index in [2.05, 4.69) is 0 Å². The maximum Gasteiger partial charge on any atom is 0.338 e. The van der Waals surface area contributed by atoms with E-state index in [1.54, 1.807) is 32.1 Å². The Hall–Kier alpha value is -2.88. The van der Waals surface area contributed by atoms with Crippen molar-refractivity contribution in [2.45, 2.75) is 13.8 Å². The van der Waals surface area contributed by atoms with Gasteiger partial charge in [0.25, 0.3) is 0 Å². The van der Waals surface area contributed by atoms with Gasteiger partial charge in [-0.1, -0.05) is 36.4 Å². The fourth-order valence-corrected chi connectivity index (χ4v) is 2.25. The molecule has 4 heteroatoms. The Morgan fingerprint density at radius 3 is 2.25 bits per heavy atom. The first-order valence-corrected chi connectivity index (χ1v) is 7.87. The van der Waals surface area contributed by atoms with E-state index in [-0.39, 0.29) is 11.9 Å². The molecule has 24 heavy (non-hydrogen) atoms. The molecule has 0 spiro atoms. The molecule has 4 nitrogen and oxygen atoms in total. The lowest BCUT2D eigenvalue weighted by atomic mass is 9.98. The van der Waals surface area contributed by atoms with Gasteiger partial charge < -0.3 is 9.47 Å². The van der Waals surface area contributed by atoms with Crippen molar-refractivity contribution in [3.8, 4) is 11.1 Å². The number of benzene rings is 2. The second-order valence-electron chi connectivity index (χ2n) is 4.97. The summed E-state index contributed by atoms with van der Waals surface area (Å²) in [6, 6.07) is 14.9. The largest absolute Gasteiger partial charge is 0.463 e. The summed E-state index contributed by atoms with van der Waals surface area (Å²) < 4.78 is 9.88. The molecule has 0 bridgehead atoms. The van der Waals surface area contributed by atoms with Crippen LogP contribution in [0.4, 0.5) is 0 Å². The number of esters is 2. The van der Waals surface area contributed by atoms with Crippen LogP contribution >= 0.6 is 0 Å². The molecule has 0 heterocycles. The van der Waals surface area contributed by atoms with Crippen molar-refractivity contribution >= 4 is 18.0 Å². The number of ether oxygens (including phenoxy) is 2. The summed E-state index contributed by atoms with van der Waals surface area (Å²) in [4.78, 5) is 23.2. The van der Waals surface area contributed by atoms with Gasteiger partial charge in [-0.05, 0) is 48.7 Å². The molecule has 0 aliphatic heterocycles. The van der Waals surface area contributed by atoms with Crippen molar-refractivity contribution in [2.24, 2.45) is 0 Å². The summed E-state index contributed by atoms with van der Waals surface area (Å²) in [5.41, 5.74) is 3.33. The van der Waals surface area contributed by atoms with Gasteiger partial charge in [-0.2, -0.15) is 0 Å². The van der Waals surface area contributed by atoms with Crippen LogP contribution in [0.3, 0.4) is 0 Å². The van der Waals surface area contributed by atoms with Gasteiger partial charge in [0.2, 0.25) is 0 Å².